The zero-order chi connectivity index (χ0) is 19.4. The van der Waals surface area contributed by atoms with Gasteiger partial charge in [-0.05, 0) is 50.7 Å². The molecule has 0 spiro atoms. The van der Waals surface area contributed by atoms with Crippen LogP contribution < -0.4 is 5.56 Å². The number of carbonyl (C=O) groups excluding carboxylic acids is 1. The van der Waals surface area contributed by atoms with Gasteiger partial charge in [0.25, 0.3) is 5.56 Å². The predicted molar refractivity (Wildman–Crippen MR) is 97.3 cm³/mol. The van der Waals surface area contributed by atoms with Crippen molar-refractivity contribution in [3.63, 3.8) is 0 Å². The maximum atomic E-state index is 13.8. The molecule has 1 aromatic heterocycles. The number of hydrogen-bond donors (Lipinski definition) is 1. The summed E-state index contributed by atoms with van der Waals surface area (Å²) in [7, 11) is 0. The molecule has 0 aliphatic carbocycles. The highest BCUT2D eigenvalue weighted by molar-refractivity contribution is 5.78. The molecular formula is C20H23F2N3O2. The second-order valence-electron chi connectivity index (χ2n) is 7.09. The lowest BCUT2D eigenvalue weighted by atomic mass is 9.91. The molecule has 0 saturated carbocycles. The third-order valence-corrected chi connectivity index (χ3v) is 5.08. The Morgan fingerprint density at radius 1 is 1.33 bits per heavy atom. The number of amides is 1. The Labute approximate surface area is 156 Å². The Kier molecular flexibility index (Phi) is 5.98. The summed E-state index contributed by atoms with van der Waals surface area (Å²) in [6.07, 6.45) is 4.15. The average Bonchev–Trinajstić information content (AvgIpc) is 2.64. The van der Waals surface area contributed by atoms with E-state index in [-0.39, 0.29) is 29.4 Å². The molecule has 144 valence electrons. The predicted octanol–water partition coefficient (Wildman–Crippen LogP) is 2.77. The van der Waals surface area contributed by atoms with E-state index in [2.05, 4.69) is 9.97 Å². The number of hydrogen-bond acceptors (Lipinski definition) is 3. The normalized spacial score (nSPS) is 17.1. The Bertz CT molecular complexity index is 862. The molecule has 1 amide bonds. The molecule has 2 heterocycles. The molecule has 0 bridgehead atoms. The van der Waals surface area contributed by atoms with E-state index in [0.717, 1.165) is 12.8 Å². The highest BCUT2D eigenvalue weighted by Crippen LogP contribution is 2.24. The Hall–Kier alpha value is -2.57. The quantitative estimate of drug-likeness (QED) is 0.874. The van der Waals surface area contributed by atoms with Gasteiger partial charge in [-0.1, -0.05) is 6.07 Å². The average molecular weight is 375 g/mol. The van der Waals surface area contributed by atoms with Crippen LogP contribution in [-0.2, 0) is 17.6 Å². The van der Waals surface area contributed by atoms with Crippen molar-refractivity contribution in [2.45, 2.75) is 39.0 Å². The van der Waals surface area contributed by atoms with Gasteiger partial charge in [-0.3, -0.25) is 9.59 Å². The van der Waals surface area contributed by atoms with Gasteiger partial charge in [0.15, 0.2) is 0 Å². The zero-order valence-corrected chi connectivity index (χ0v) is 15.3. The summed E-state index contributed by atoms with van der Waals surface area (Å²) in [6, 6.07) is 3.89. The standard InChI is InChI=1S/C20H23F2N3O2/c1-13-23-11-15(20(27)24-13)10-19(26)25-9-3-4-14(12-25)7-8-16-17(21)5-2-6-18(16)22/h2,5-6,11,14H,3-4,7-10,12H2,1H3,(H,23,24,27). The van der Waals surface area contributed by atoms with Crippen molar-refractivity contribution in [1.29, 1.82) is 0 Å². The lowest BCUT2D eigenvalue weighted by molar-refractivity contribution is -0.132. The summed E-state index contributed by atoms with van der Waals surface area (Å²) in [6.45, 7) is 2.87. The smallest absolute Gasteiger partial charge is 0.254 e. The second kappa shape index (κ2) is 8.41. The van der Waals surface area contributed by atoms with Gasteiger partial charge in [0.05, 0.1) is 6.42 Å². The molecule has 0 radical (unpaired) electrons. The summed E-state index contributed by atoms with van der Waals surface area (Å²) < 4.78 is 27.6. The van der Waals surface area contributed by atoms with Crippen molar-refractivity contribution in [1.82, 2.24) is 14.9 Å². The van der Waals surface area contributed by atoms with E-state index in [0.29, 0.717) is 37.3 Å². The number of piperidine rings is 1. The van der Waals surface area contributed by atoms with Crippen LogP contribution in [0.15, 0.2) is 29.2 Å². The number of rotatable bonds is 5. The number of aryl methyl sites for hydroxylation is 1. The zero-order valence-electron chi connectivity index (χ0n) is 15.3. The Morgan fingerprint density at radius 2 is 2.07 bits per heavy atom. The first-order valence-electron chi connectivity index (χ1n) is 9.19. The molecule has 27 heavy (non-hydrogen) atoms. The number of halogens is 2. The molecule has 1 aromatic carbocycles. The number of nitrogens with one attached hydrogen (secondary N) is 1. The van der Waals surface area contributed by atoms with Gasteiger partial charge >= 0.3 is 0 Å². The van der Waals surface area contributed by atoms with Crippen LogP contribution in [0.1, 0.15) is 36.2 Å². The first-order valence-corrected chi connectivity index (χ1v) is 9.19. The van der Waals surface area contributed by atoms with Crippen molar-refractivity contribution < 1.29 is 13.6 Å². The molecule has 7 heteroatoms. The van der Waals surface area contributed by atoms with Crippen LogP contribution in [-0.4, -0.2) is 33.9 Å². The van der Waals surface area contributed by atoms with Crippen LogP contribution in [0.4, 0.5) is 8.78 Å². The Balaban J connectivity index is 1.58. The third kappa shape index (κ3) is 4.78. The molecule has 1 N–H and O–H groups in total. The van der Waals surface area contributed by atoms with E-state index >= 15 is 0 Å². The summed E-state index contributed by atoms with van der Waals surface area (Å²) in [4.78, 5) is 32.8. The van der Waals surface area contributed by atoms with E-state index in [9.17, 15) is 18.4 Å². The van der Waals surface area contributed by atoms with Gasteiger partial charge in [-0.2, -0.15) is 0 Å². The SMILES string of the molecule is Cc1ncc(CC(=O)N2CCCC(CCc3c(F)cccc3F)C2)c(=O)[nH]1. The maximum Gasteiger partial charge on any atom is 0.254 e. The van der Waals surface area contributed by atoms with Gasteiger partial charge in [-0.15, -0.1) is 0 Å². The molecule has 1 aliphatic heterocycles. The lowest BCUT2D eigenvalue weighted by Gasteiger charge is -2.33. The summed E-state index contributed by atoms with van der Waals surface area (Å²) in [5.41, 5.74) is 0.166. The number of aromatic nitrogens is 2. The minimum Gasteiger partial charge on any atom is -0.342 e. The molecule has 1 fully saturated rings. The van der Waals surface area contributed by atoms with Gasteiger partial charge < -0.3 is 9.88 Å². The van der Waals surface area contributed by atoms with Crippen molar-refractivity contribution in [2.24, 2.45) is 5.92 Å². The molecule has 1 unspecified atom stereocenters. The van der Waals surface area contributed by atoms with Gasteiger partial charge in [0, 0.05) is 30.4 Å². The topological polar surface area (TPSA) is 66.1 Å². The molecule has 1 saturated heterocycles. The van der Waals surface area contributed by atoms with Crippen LogP contribution in [0, 0.1) is 24.5 Å². The molecule has 1 atom stereocenters. The van der Waals surface area contributed by atoms with Crippen LogP contribution >= 0.6 is 0 Å². The molecule has 2 aromatic rings. The van der Waals surface area contributed by atoms with Gasteiger partial charge in [-0.25, -0.2) is 13.8 Å². The number of H-pyrrole nitrogens is 1. The number of benzene rings is 1. The fraction of sp³-hybridized carbons (Fsp3) is 0.450. The van der Waals surface area contributed by atoms with E-state index in [1.807, 2.05) is 0 Å². The number of aromatic amines is 1. The van der Waals surface area contributed by atoms with Crippen LogP contribution in [0.2, 0.25) is 0 Å². The fourth-order valence-electron chi connectivity index (χ4n) is 3.56. The van der Waals surface area contributed by atoms with Gasteiger partial charge in [0.1, 0.15) is 17.5 Å². The highest BCUT2D eigenvalue weighted by Gasteiger charge is 2.24. The van der Waals surface area contributed by atoms with Crippen LogP contribution in [0.5, 0.6) is 0 Å². The summed E-state index contributed by atoms with van der Waals surface area (Å²) in [5, 5.41) is 0. The number of nitrogens with zero attached hydrogens (tertiary/aromatic N) is 2. The van der Waals surface area contributed by atoms with Crippen molar-refractivity contribution in [3.05, 3.63) is 63.3 Å². The van der Waals surface area contributed by atoms with E-state index in [4.69, 9.17) is 0 Å². The molecule has 1 aliphatic rings. The minimum atomic E-state index is -0.523. The first kappa shape index (κ1) is 19.2. The largest absolute Gasteiger partial charge is 0.342 e. The van der Waals surface area contributed by atoms with Crippen molar-refractivity contribution >= 4 is 5.91 Å². The van der Waals surface area contributed by atoms with Crippen molar-refractivity contribution in [2.75, 3.05) is 13.1 Å². The first-order chi connectivity index (χ1) is 12.9. The number of carbonyl (C=O) groups is 1. The maximum absolute atomic E-state index is 13.8. The Morgan fingerprint density at radius 3 is 2.78 bits per heavy atom. The number of likely N-dealkylation sites (tertiary alicyclic amines) is 1. The summed E-state index contributed by atoms with van der Waals surface area (Å²) in [5.74, 6) is -0.464. The summed E-state index contributed by atoms with van der Waals surface area (Å²) >= 11 is 0. The second-order valence-corrected chi connectivity index (χ2v) is 7.09. The minimum absolute atomic E-state index is 0.0112. The fourth-order valence-corrected chi connectivity index (χ4v) is 3.56. The molecule has 5 nitrogen and oxygen atoms in total. The van der Waals surface area contributed by atoms with Crippen LogP contribution in [0.25, 0.3) is 0 Å². The monoisotopic (exact) mass is 375 g/mol. The van der Waals surface area contributed by atoms with Crippen molar-refractivity contribution in [3.8, 4) is 0 Å². The van der Waals surface area contributed by atoms with E-state index in [1.54, 1.807) is 11.8 Å². The molecule has 3 rings (SSSR count). The van der Waals surface area contributed by atoms with Gasteiger partial charge in [0.2, 0.25) is 5.91 Å². The lowest BCUT2D eigenvalue weighted by Crippen LogP contribution is -2.41. The third-order valence-electron chi connectivity index (χ3n) is 5.08. The molecular weight excluding hydrogens is 352 g/mol. The van der Waals surface area contributed by atoms with E-state index in [1.165, 1.54) is 24.4 Å². The van der Waals surface area contributed by atoms with E-state index < -0.39 is 11.6 Å². The highest BCUT2D eigenvalue weighted by atomic mass is 19.1. The van der Waals surface area contributed by atoms with Crippen LogP contribution in [0.3, 0.4) is 0 Å².